The third kappa shape index (κ3) is 9.93. The predicted octanol–water partition coefficient (Wildman–Crippen LogP) is 2.22. The second-order valence-corrected chi connectivity index (χ2v) is 6.36. The van der Waals surface area contributed by atoms with Crippen LogP contribution in [0.1, 0.15) is 51.3 Å². The second kappa shape index (κ2) is 11.9. The summed E-state index contributed by atoms with van der Waals surface area (Å²) in [5.41, 5.74) is 11.0. The smallest absolute Gasteiger partial charge is 0.315 e. The average molecular weight is 341 g/mol. The summed E-state index contributed by atoms with van der Waals surface area (Å²) in [4.78, 5) is 23.3. The number of thioether (sulfide) groups is 1. The van der Waals surface area contributed by atoms with Crippen LogP contribution in [0.3, 0.4) is 0 Å². The minimum atomic E-state index is -0.168. The Morgan fingerprint density at radius 3 is 2.39 bits per heavy atom. The maximum atomic E-state index is 11.6. The van der Waals surface area contributed by atoms with E-state index in [1.165, 1.54) is 37.4 Å². The third-order valence-electron chi connectivity index (χ3n) is 3.17. The van der Waals surface area contributed by atoms with Crippen molar-refractivity contribution in [3.63, 3.8) is 0 Å². The van der Waals surface area contributed by atoms with Crippen molar-refractivity contribution in [1.29, 1.82) is 0 Å². The molecule has 130 valence electrons. The van der Waals surface area contributed by atoms with Crippen LogP contribution in [-0.2, 0) is 16.0 Å². The molecule has 0 bridgehead atoms. The molecule has 0 saturated heterocycles. The van der Waals surface area contributed by atoms with Crippen molar-refractivity contribution < 1.29 is 9.53 Å². The van der Waals surface area contributed by atoms with Crippen molar-refractivity contribution >= 4 is 29.6 Å². The number of aromatic nitrogens is 3. The Labute approximate surface area is 142 Å². The van der Waals surface area contributed by atoms with E-state index in [0.717, 1.165) is 12.8 Å². The minimum Gasteiger partial charge on any atom is -0.465 e. The van der Waals surface area contributed by atoms with Crippen LogP contribution in [0, 0.1) is 0 Å². The molecular weight excluding hydrogens is 314 g/mol. The van der Waals surface area contributed by atoms with Crippen LogP contribution in [0.5, 0.6) is 0 Å². The maximum absolute atomic E-state index is 11.6. The summed E-state index contributed by atoms with van der Waals surface area (Å²) in [5.74, 6) is 1.66. The Morgan fingerprint density at radius 2 is 1.70 bits per heavy atom. The highest BCUT2D eigenvalue weighted by molar-refractivity contribution is 7.99. The quantitative estimate of drug-likeness (QED) is 0.439. The summed E-state index contributed by atoms with van der Waals surface area (Å²) < 4.78 is 5.20. The number of rotatable bonds is 12. The van der Waals surface area contributed by atoms with E-state index in [1.54, 1.807) is 0 Å². The molecule has 1 aromatic heterocycles. The molecule has 1 heterocycles. The molecule has 7 nitrogen and oxygen atoms in total. The third-order valence-corrected chi connectivity index (χ3v) is 4.10. The number of nitrogens with two attached hydrogens (primary N) is 2. The lowest BCUT2D eigenvalue weighted by molar-refractivity contribution is -0.140. The maximum Gasteiger partial charge on any atom is 0.315 e. The number of nitrogen functional groups attached to an aromatic ring is 2. The van der Waals surface area contributed by atoms with Crippen molar-refractivity contribution in [3.8, 4) is 0 Å². The van der Waals surface area contributed by atoms with Gasteiger partial charge in [0.25, 0.3) is 0 Å². The van der Waals surface area contributed by atoms with Crippen LogP contribution in [-0.4, -0.2) is 39.0 Å². The van der Waals surface area contributed by atoms with Gasteiger partial charge in [-0.3, -0.25) is 4.79 Å². The number of hydrogen-bond donors (Lipinski definition) is 2. The van der Waals surface area contributed by atoms with Gasteiger partial charge in [-0.1, -0.05) is 39.0 Å². The molecule has 23 heavy (non-hydrogen) atoms. The average Bonchev–Trinajstić information content (AvgIpc) is 2.50. The molecule has 0 fully saturated rings. The first-order chi connectivity index (χ1) is 11.1. The van der Waals surface area contributed by atoms with Crippen LogP contribution in [0.25, 0.3) is 0 Å². The molecule has 0 radical (unpaired) electrons. The highest BCUT2D eigenvalue weighted by atomic mass is 32.2. The van der Waals surface area contributed by atoms with Crippen LogP contribution >= 0.6 is 11.8 Å². The normalized spacial score (nSPS) is 10.7. The summed E-state index contributed by atoms with van der Waals surface area (Å²) in [6.45, 7) is 2.72. The molecule has 4 N–H and O–H groups in total. The minimum absolute atomic E-state index is 0.121. The summed E-state index contributed by atoms with van der Waals surface area (Å²) in [5, 5.41) is 0. The Morgan fingerprint density at radius 1 is 1.04 bits per heavy atom. The molecule has 0 saturated carbocycles. The second-order valence-electron chi connectivity index (χ2n) is 5.26. The zero-order valence-electron chi connectivity index (χ0n) is 13.8. The van der Waals surface area contributed by atoms with Gasteiger partial charge in [0.2, 0.25) is 11.9 Å². The van der Waals surface area contributed by atoms with Gasteiger partial charge < -0.3 is 16.2 Å². The molecule has 0 unspecified atom stereocenters. The molecule has 1 rings (SSSR count). The molecule has 8 heteroatoms. The van der Waals surface area contributed by atoms with Crippen LogP contribution in [0.15, 0.2) is 0 Å². The number of aryl methyl sites for hydroxylation is 1. The lowest BCUT2D eigenvalue weighted by Crippen LogP contribution is -2.10. The Bertz CT molecular complexity index is 453. The summed E-state index contributed by atoms with van der Waals surface area (Å²) in [7, 11) is 0. The molecule has 0 aliphatic heterocycles. The van der Waals surface area contributed by atoms with Gasteiger partial charge in [-0.25, -0.2) is 0 Å². The first kappa shape index (κ1) is 19.5. The van der Waals surface area contributed by atoms with E-state index in [-0.39, 0.29) is 17.9 Å². The van der Waals surface area contributed by atoms with E-state index in [0.29, 0.717) is 30.4 Å². The zero-order chi connectivity index (χ0) is 16.9. The molecule has 0 atom stereocenters. The fraction of sp³-hybridized carbons (Fsp3) is 0.733. The first-order valence-corrected chi connectivity index (χ1v) is 9.26. The van der Waals surface area contributed by atoms with E-state index in [9.17, 15) is 4.79 Å². The molecule has 0 aliphatic carbocycles. The fourth-order valence-corrected chi connectivity index (χ4v) is 2.72. The van der Waals surface area contributed by atoms with Gasteiger partial charge in [0.05, 0.1) is 12.4 Å². The summed E-state index contributed by atoms with van der Waals surface area (Å²) in [6, 6.07) is 0. The van der Waals surface area contributed by atoms with Crippen molar-refractivity contribution in [1.82, 2.24) is 15.0 Å². The zero-order valence-corrected chi connectivity index (χ0v) is 14.6. The monoisotopic (exact) mass is 341 g/mol. The van der Waals surface area contributed by atoms with Crippen molar-refractivity contribution in [2.24, 2.45) is 0 Å². The molecule has 0 amide bonds. The number of anilines is 2. The predicted molar refractivity (Wildman–Crippen MR) is 94.0 cm³/mol. The fourth-order valence-electron chi connectivity index (χ4n) is 2.00. The van der Waals surface area contributed by atoms with Crippen LogP contribution in [0.2, 0.25) is 0 Å². The topological polar surface area (TPSA) is 117 Å². The van der Waals surface area contributed by atoms with E-state index < -0.39 is 0 Å². The Hall–Kier alpha value is -1.57. The van der Waals surface area contributed by atoms with E-state index in [4.69, 9.17) is 16.2 Å². The van der Waals surface area contributed by atoms with Crippen molar-refractivity contribution in [3.05, 3.63) is 5.82 Å². The molecule has 1 aromatic rings. The number of nitrogens with zero attached hydrogens (tertiary/aromatic N) is 3. The Kier molecular flexibility index (Phi) is 10.1. The largest absolute Gasteiger partial charge is 0.465 e. The molecule has 0 aliphatic rings. The first-order valence-electron chi connectivity index (χ1n) is 8.11. The van der Waals surface area contributed by atoms with Gasteiger partial charge in [0.15, 0.2) is 0 Å². The van der Waals surface area contributed by atoms with E-state index in [2.05, 4.69) is 21.9 Å². The van der Waals surface area contributed by atoms with Gasteiger partial charge in [-0.2, -0.15) is 15.0 Å². The number of unbranched alkanes of at least 4 members (excludes halogenated alkanes) is 5. The molecular formula is C15H27N5O2S. The standard InChI is InChI=1S/C15H27N5O2S/c1-2-3-4-5-6-7-9-22-13(21)11-23-10-8-12-18-14(16)20-15(17)19-12/h2-11H2,1H3,(H4,16,17,18,19,20). The van der Waals surface area contributed by atoms with Crippen LogP contribution in [0.4, 0.5) is 11.9 Å². The highest BCUT2D eigenvalue weighted by Gasteiger charge is 2.05. The van der Waals surface area contributed by atoms with Gasteiger partial charge in [-0.15, -0.1) is 11.8 Å². The SMILES string of the molecule is CCCCCCCCOC(=O)CSCCc1nc(N)nc(N)n1. The molecule has 0 spiro atoms. The van der Waals surface area contributed by atoms with Gasteiger partial charge >= 0.3 is 5.97 Å². The number of hydrogen-bond acceptors (Lipinski definition) is 8. The van der Waals surface area contributed by atoms with Crippen molar-refractivity contribution in [2.45, 2.75) is 51.9 Å². The number of ether oxygens (including phenoxy) is 1. The highest BCUT2D eigenvalue weighted by Crippen LogP contribution is 2.08. The lowest BCUT2D eigenvalue weighted by Gasteiger charge is -2.05. The van der Waals surface area contributed by atoms with Gasteiger partial charge in [-0.05, 0) is 6.42 Å². The number of carbonyl (C=O) groups excluding carboxylic acids is 1. The van der Waals surface area contributed by atoms with Gasteiger partial charge in [0, 0.05) is 12.2 Å². The lowest BCUT2D eigenvalue weighted by atomic mass is 10.1. The molecule has 0 aromatic carbocycles. The Balaban J connectivity index is 2.01. The van der Waals surface area contributed by atoms with E-state index >= 15 is 0 Å². The van der Waals surface area contributed by atoms with Gasteiger partial charge in [0.1, 0.15) is 5.82 Å². The van der Waals surface area contributed by atoms with Crippen LogP contribution < -0.4 is 11.5 Å². The number of carbonyl (C=O) groups is 1. The van der Waals surface area contributed by atoms with E-state index in [1.807, 2.05) is 0 Å². The van der Waals surface area contributed by atoms with Crippen molar-refractivity contribution in [2.75, 3.05) is 29.6 Å². The summed E-state index contributed by atoms with van der Waals surface area (Å²) in [6.07, 6.45) is 7.69. The number of esters is 1. The summed E-state index contributed by atoms with van der Waals surface area (Å²) >= 11 is 1.49.